The summed E-state index contributed by atoms with van der Waals surface area (Å²) in [5, 5.41) is 9.60. The fourth-order valence-electron chi connectivity index (χ4n) is 1.35. The lowest BCUT2D eigenvalue weighted by Crippen LogP contribution is -2.57. The van der Waals surface area contributed by atoms with Crippen LogP contribution in [0.5, 0.6) is 0 Å². The van der Waals surface area contributed by atoms with Crippen molar-refractivity contribution in [3.05, 3.63) is 0 Å². The van der Waals surface area contributed by atoms with Crippen LogP contribution < -0.4 is 5.73 Å². The number of rotatable bonds is 0. The van der Waals surface area contributed by atoms with Crippen LogP contribution in [0.25, 0.3) is 0 Å². The van der Waals surface area contributed by atoms with Crippen LogP contribution in [-0.2, 0) is 0 Å². The van der Waals surface area contributed by atoms with E-state index < -0.39 is 5.50 Å². The summed E-state index contributed by atoms with van der Waals surface area (Å²) in [6.07, 6.45) is 2.85. The Labute approximate surface area is 57.6 Å². The van der Waals surface area contributed by atoms with Crippen LogP contribution in [-0.4, -0.2) is 31.7 Å². The number of hydrogen-bond donors (Lipinski definition) is 2. The molecule has 1 fully saturated rings. The fraction of sp³-hybridized carbons (Fsp3) is 1.00. The lowest BCUT2D eigenvalue weighted by atomic mass is 9.59. The molecule has 0 aromatic rings. The highest BCUT2D eigenvalue weighted by atomic mass is 16.3. The minimum Gasteiger partial charge on any atom is -0.398 e. The molecule has 1 saturated carbocycles. The van der Waals surface area contributed by atoms with Gasteiger partial charge >= 0.3 is 0 Å². The zero-order valence-electron chi connectivity index (χ0n) is 6.15. The van der Waals surface area contributed by atoms with E-state index in [-0.39, 0.29) is 5.44 Å². The van der Waals surface area contributed by atoms with Crippen molar-refractivity contribution in [2.75, 3.05) is 0 Å². The molecule has 0 amide bonds. The van der Waals surface area contributed by atoms with Crippen molar-refractivity contribution in [3.8, 4) is 0 Å². The number of nitrogens with two attached hydrogens (primary N) is 1. The van der Waals surface area contributed by atoms with E-state index in [4.69, 9.17) is 5.73 Å². The Hall–Kier alpha value is 0.0499. The minimum atomic E-state index is -0.632. The summed E-state index contributed by atoms with van der Waals surface area (Å²) in [4.78, 5) is 0. The summed E-state index contributed by atoms with van der Waals surface area (Å²) in [7, 11) is 3.74. The summed E-state index contributed by atoms with van der Waals surface area (Å²) >= 11 is 0. The second-order valence-corrected chi connectivity index (χ2v) is 3.54. The normalized spacial score (nSPS) is 51.8. The molecule has 9 heavy (non-hydrogen) atoms. The smallest absolute Gasteiger partial charge is 0.144 e. The molecule has 1 aliphatic carbocycles. The molecule has 0 saturated heterocycles. The number of aliphatic hydroxyl groups is 1. The second-order valence-electron chi connectivity index (χ2n) is 3.54. The molecule has 1 rings (SSSR count). The molecule has 50 valence electrons. The molecule has 0 unspecified atom stereocenters. The van der Waals surface area contributed by atoms with Crippen molar-refractivity contribution in [1.82, 2.24) is 0 Å². The van der Waals surface area contributed by atoms with Gasteiger partial charge in [0.25, 0.3) is 0 Å². The van der Waals surface area contributed by atoms with Crippen LogP contribution in [0.1, 0.15) is 19.3 Å². The van der Waals surface area contributed by atoms with Gasteiger partial charge in [0.05, 0.1) is 0 Å². The van der Waals surface area contributed by atoms with E-state index in [2.05, 4.69) is 0 Å². The Kier molecular flexibility index (Phi) is 1.41. The highest BCUT2D eigenvalue weighted by Crippen LogP contribution is 2.32. The van der Waals surface area contributed by atoms with Gasteiger partial charge in [0, 0.05) is 10.9 Å². The molecule has 0 aromatic heterocycles. The first kappa shape index (κ1) is 7.16. The monoisotopic (exact) mass is 125 g/mol. The minimum absolute atomic E-state index is 0.354. The van der Waals surface area contributed by atoms with Gasteiger partial charge in [0.2, 0.25) is 0 Å². The Morgan fingerprint density at radius 2 is 1.89 bits per heavy atom. The highest BCUT2D eigenvalue weighted by molar-refractivity contribution is 6.26. The third-order valence-electron chi connectivity index (χ3n) is 2.59. The Morgan fingerprint density at radius 3 is 2.00 bits per heavy atom. The van der Waals surface area contributed by atoms with Crippen LogP contribution in [0, 0.1) is 0 Å². The third kappa shape index (κ3) is 1.01. The lowest BCUT2D eigenvalue weighted by molar-refractivity contribution is 0.102. The largest absolute Gasteiger partial charge is 0.398 e. The van der Waals surface area contributed by atoms with Gasteiger partial charge in [-0.2, -0.15) is 0 Å². The van der Waals surface area contributed by atoms with Crippen molar-refractivity contribution in [2.45, 2.75) is 30.2 Å². The molecule has 0 spiro atoms. The highest BCUT2D eigenvalue weighted by Gasteiger charge is 2.43. The Bertz CT molecular complexity index is 110. The number of hydrogen-bond acceptors (Lipinski definition) is 2. The molecular weight excluding hydrogens is 112 g/mol. The topological polar surface area (TPSA) is 46.2 Å². The maximum Gasteiger partial charge on any atom is 0.144 e. The summed E-state index contributed by atoms with van der Waals surface area (Å²) in [6.45, 7) is 0. The van der Waals surface area contributed by atoms with E-state index in [0.29, 0.717) is 0 Å². The van der Waals surface area contributed by atoms with Gasteiger partial charge in [-0.15, -0.1) is 0 Å². The van der Waals surface area contributed by atoms with Crippen molar-refractivity contribution in [1.29, 1.82) is 0 Å². The molecule has 0 aliphatic heterocycles. The van der Waals surface area contributed by atoms with Crippen LogP contribution >= 0.6 is 0 Å². The summed E-state index contributed by atoms with van der Waals surface area (Å²) in [5.41, 5.74) is 4.82. The second kappa shape index (κ2) is 1.77. The standard InChI is InChI=1S/C5H13B2NO/c6-4(8)2-1-3-5(4,7)9/h9H,1-3,6-8H2/t4-,5-/m1/s1. The van der Waals surface area contributed by atoms with Crippen molar-refractivity contribution < 1.29 is 5.11 Å². The molecule has 1 aliphatic rings. The average Bonchev–Trinajstić information content (AvgIpc) is 1.81. The molecule has 2 atom stereocenters. The predicted octanol–water partition coefficient (Wildman–Crippen LogP) is -2.22. The quantitative estimate of drug-likeness (QED) is 0.360. The predicted molar refractivity (Wildman–Crippen MR) is 42.8 cm³/mol. The van der Waals surface area contributed by atoms with E-state index in [1.165, 1.54) is 0 Å². The van der Waals surface area contributed by atoms with E-state index in [1.54, 1.807) is 0 Å². The Morgan fingerprint density at radius 1 is 1.33 bits per heavy atom. The van der Waals surface area contributed by atoms with E-state index in [9.17, 15) is 5.11 Å². The SMILES string of the molecule is B[C@@]1(N)CCC[C@@]1(B)O. The van der Waals surface area contributed by atoms with Gasteiger partial charge in [0.15, 0.2) is 0 Å². The van der Waals surface area contributed by atoms with Gasteiger partial charge in [-0.05, 0) is 12.8 Å². The molecular formula is C5H13B2NO. The molecule has 2 nitrogen and oxygen atoms in total. The zero-order chi connectivity index (χ0) is 7.12. The molecule has 0 radical (unpaired) electrons. The maximum absolute atomic E-state index is 9.60. The van der Waals surface area contributed by atoms with Crippen molar-refractivity contribution >= 4 is 15.7 Å². The summed E-state index contributed by atoms with van der Waals surface area (Å²) in [6, 6.07) is 0. The van der Waals surface area contributed by atoms with Crippen molar-refractivity contribution in [3.63, 3.8) is 0 Å². The van der Waals surface area contributed by atoms with Crippen LogP contribution in [0.15, 0.2) is 0 Å². The first-order chi connectivity index (χ1) is 3.96. The Balaban J connectivity index is 2.75. The van der Waals surface area contributed by atoms with Gasteiger partial charge in [-0.3, -0.25) is 0 Å². The van der Waals surface area contributed by atoms with Crippen molar-refractivity contribution in [2.24, 2.45) is 5.73 Å². The summed E-state index contributed by atoms with van der Waals surface area (Å²) in [5.74, 6) is 0. The first-order valence-corrected chi connectivity index (χ1v) is 3.47. The first-order valence-electron chi connectivity index (χ1n) is 3.47. The molecule has 0 bridgehead atoms. The molecule has 0 aromatic carbocycles. The van der Waals surface area contributed by atoms with Crippen LogP contribution in [0.4, 0.5) is 0 Å². The van der Waals surface area contributed by atoms with Crippen LogP contribution in [0.3, 0.4) is 0 Å². The zero-order valence-corrected chi connectivity index (χ0v) is 6.15. The van der Waals surface area contributed by atoms with Gasteiger partial charge in [-0.25, -0.2) is 0 Å². The van der Waals surface area contributed by atoms with Gasteiger partial charge in [0.1, 0.15) is 15.7 Å². The molecule has 4 heteroatoms. The fourth-order valence-corrected chi connectivity index (χ4v) is 1.35. The maximum atomic E-state index is 9.60. The van der Waals surface area contributed by atoms with Crippen LogP contribution in [0.2, 0.25) is 0 Å². The van der Waals surface area contributed by atoms with E-state index >= 15 is 0 Å². The molecule has 0 heterocycles. The van der Waals surface area contributed by atoms with Gasteiger partial charge in [-0.1, -0.05) is 6.42 Å². The third-order valence-corrected chi connectivity index (χ3v) is 2.59. The van der Waals surface area contributed by atoms with E-state index in [0.717, 1.165) is 19.3 Å². The molecule has 3 N–H and O–H groups in total. The lowest BCUT2D eigenvalue weighted by Gasteiger charge is -2.33. The summed E-state index contributed by atoms with van der Waals surface area (Å²) < 4.78 is 0. The van der Waals surface area contributed by atoms with Gasteiger partial charge < -0.3 is 10.8 Å². The van der Waals surface area contributed by atoms with E-state index in [1.807, 2.05) is 15.7 Å². The average molecular weight is 125 g/mol.